The molecular formula is C6H11O2S. The molecule has 0 saturated heterocycles. The van der Waals surface area contributed by atoms with Crippen molar-refractivity contribution < 1.29 is 9.90 Å². The van der Waals surface area contributed by atoms with Crippen molar-refractivity contribution >= 4 is 18.0 Å². The van der Waals surface area contributed by atoms with Crippen LogP contribution in [0.15, 0.2) is 0 Å². The summed E-state index contributed by atoms with van der Waals surface area (Å²) in [5, 5.41) is 8.74. The summed E-state index contributed by atoms with van der Waals surface area (Å²) >= 11 is 1.23. The van der Waals surface area contributed by atoms with Crippen molar-refractivity contribution in [2.24, 2.45) is 0 Å². The Morgan fingerprint density at radius 2 is 2.33 bits per heavy atom. The van der Waals surface area contributed by atoms with Crippen molar-refractivity contribution in [3.8, 4) is 0 Å². The lowest BCUT2D eigenvalue weighted by Gasteiger charge is -2.07. The molecule has 0 aliphatic heterocycles. The number of aliphatic hydroxyl groups is 1. The Kier molecular flexibility index (Phi) is 4.81. The molecule has 53 valence electrons. The molecule has 3 heteroatoms. The quantitative estimate of drug-likeness (QED) is 0.601. The second-order valence-corrected chi connectivity index (χ2v) is 3.28. The predicted octanol–water partition coefficient (Wildman–Crippen LogP) is 0.946. The zero-order valence-electron chi connectivity index (χ0n) is 5.63. The number of carbonyl (C=O) groups excluding carboxylic acids is 1. The molecule has 1 radical (unpaired) electrons. The van der Waals surface area contributed by atoms with Gasteiger partial charge in [-0.25, -0.2) is 0 Å². The summed E-state index contributed by atoms with van der Waals surface area (Å²) in [5.41, 5.74) is -0.415. The summed E-state index contributed by atoms with van der Waals surface area (Å²) in [7, 11) is 0. The van der Waals surface area contributed by atoms with E-state index in [1.807, 2.05) is 6.92 Å². The molecule has 0 fully saturated rings. The summed E-state index contributed by atoms with van der Waals surface area (Å²) in [6, 6.07) is 0. The smallest absolute Gasteiger partial charge is 0.212 e. The first kappa shape index (κ1) is 8.98. The van der Waals surface area contributed by atoms with Gasteiger partial charge in [0.1, 0.15) is 0 Å². The molecule has 1 N–H and O–H groups in total. The predicted molar refractivity (Wildman–Crippen MR) is 39.0 cm³/mol. The average Bonchev–Trinajstić information content (AvgIpc) is 1.87. The average molecular weight is 147 g/mol. The van der Waals surface area contributed by atoms with Crippen LogP contribution in [-0.2, 0) is 4.79 Å². The molecule has 0 spiro atoms. The van der Waals surface area contributed by atoms with E-state index in [2.05, 4.69) is 0 Å². The Labute approximate surface area is 59.6 Å². The largest absolute Gasteiger partial charge is 0.382 e. The van der Waals surface area contributed by atoms with E-state index in [0.717, 1.165) is 0 Å². The highest BCUT2D eigenvalue weighted by atomic mass is 32.2. The van der Waals surface area contributed by atoms with Gasteiger partial charge < -0.3 is 5.11 Å². The first-order valence-electron chi connectivity index (χ1n) is 2.92. The lowest BCUT2D eigenvalue weighted by molar-refractivity contribution is 0.259. The summed E-state index contributed by atoms with van der Waals surface area (Å²) in [6.07, 6.45) is 2.46. The van der Waals surface area contributed by atoms with Crippen LogP contribution in [0.1, 0.15) is 20.3 Å². The molecule has 0 aromatic rings. The lowest BCUT2D eigenvalue weighted by Crippen LogP contribution is -2.06. The second-order valence-electron chi connectivity index (χ2n) is 1.76. The maximum atomic E-state index is 9.90. The molecule has 0 amide bonds. The Morgan fingerprint density at radius 3 is 2.67 bits per heavy atom. The molecule has 0 aromatic carbocycles. The van der Waals surface area contributed by atoms with E-state index in [4.69, 9.17) is 5.11 Å². The number of hydrogen-bond acceptors (Lipinski definition) is 3. The van der Waals surface area contributed by atoms with Crippen molar-refractivity contribution in [3.05, 3.63) is 0 Å². The Bertz CT molecular complexity index is 85.1. The topological polar surface area (TPSA) is 37.3 Å². The van der Waals surface area contributed by atoms with Crippen LogP contribution in [0.2, 0.25) is 0 Å². The summed E-state index contributed by atoms with van der Waals surface area (Å²) < 4.78 is 0. The third-order valence-corrected chi connectivity index (χ3v) is 2.03. The maximum Gasteiger partial charge on any atom is 0.212 e. The van der Waals surface area contributed by atoms with E-state index in [-0.39, 0.29) is 5.25 Å². The zero-order valence-corrected chi connectivity index (χ0v) is 6.44. The Morgan fingerprint density at radius 1 is 1.78 bits per heavy atom. The summed E-state index contributed by atoms with van der Waals surface area (Å²) in [5.74, 6) is 0. The Hall–Kier alpha value is -0.0200. The fourth-order valence-corrected chi connectivity index (χ4v) is 1.08. The van der Waals surface area contributed by atoms with Gasteiger partial charge in [-0.05, 0) is 13.3 Å². The first-order valence-corrected chi connectivity index (χ1v) is 3.86. The lowest BCUT2D eigenvalue weighted by atomic mass is 10.5. The van der Waals surface area contributed by atoms with Crippen LogP contribution < -0.4 is 0 Å². The SMILES string of the molecule is CCC(O)SC(C)[C]=O. The zero-order chi connectivity index (χ0) is 7.28. The summed E-state index contributed by atoms with van der Waals surface area (Å²) in [4.78, 5) is 9.90. The van der Waals surface area contributed by atoms with Gasteiger partial charge in [-0.2, -0.15) is 0 Å². The van der Waals surface area contributed by atoms with Crippen molar-refractivity contribution in [1.29, 1.82) is 0 Å². The van der Waals surface area contributed by atoms with Crippen LogP contribution in [0.3, 0.4) is 0 Å². The molecule has 2 unspecified atom stereocenters. The third-order valence-electron chi connectivity index (χ3n) is 0.876. The van der Waals surface area contributed by atoms with Crippen LogP contribution in [0.4, 0.5) is 0 Å². The molecule has 9 heavy (non-hydrogen) atoms. The molecule has 0 saturated carbocycles. The van der Waals surface area contributed by atoms with E-state index in [1.165, 1.54) is 11.8 Å². The van der Waals surface area contributed by atoms with Crippen LogP contribution in [0.5, 0.6) is 0 Å². The molecule has 0 bridgehead atoms. The second kappa shape index (κ2) is 4.82. The van der Waals surface area contributed by atoms with Gasteiger partial charge in [-0.15, -0.1) is 11.8 Å². The van der Waals surface area contributed by atoms with Crippen LogP contribution >= 0.6 is 11.8 Å². The van der Waals surface area contributed by atoms with Gasteiger partial charge in [-0.3, -0.25) is 4.79 Å². The van der Waals surface area contributed by atoms with Crippen molar-refractivity contribution in [2.45, 2.75) is 31.0 Å². The van der Waals surface area contributed by atoms with E-state index >= 15 is 0 Å². The number of rotatable bonds is 4. The van der Waals surface area contributed by atoms with Crippen LogP contribution in [0.25, 0.3) is 0 Å². The van der Waals surface area contributed by atoms with Crippen LogP contribution in [-0.4, -0.2) is 22.1 Å². The molecular weight excluding hydrogens is 136 g/mol. The molecule has 0 aromatic heterocycles. The highest BCUT2D eigenvalue weighted by Crippen LogP contribution is 2.15. The number of thioether (sulfide) groups is 1. The highest BCUT2D eigenvalue weighted by Gasteiger charge is 2.07. The first-order chi connectivity index (χ1) is 4.20. The fourth-order valence-electron chi connectivity index (χ4n) is 0.360. The normalized spacial score (nSPS) is 16.8. The van der Waals surface area contributed by atoms with Gasteiger partial charge in [0.15, 0.2) is 0 Å². The molecule has 0 aliphatic rings. The molecule has 2 nitrogen and oxygen atoms in total. The highest BCUT2D eigenvalue weighted by molar-refractivity contribution is 8.00. The number of hydrogen-bond donors (Lipinski definition) is 1. The van der Waals surface area contributed by atoms with E-state index < -0.39 is 5.44 Å². The van der Waals surface area contributed by atoms with E-state index in [0.29, 0.717) is 6.42 Å². The van der Waals surface area contributed by atoms with Gasteiger partial charge in [0, 0.05) is 0 Å². The maximum absolute atomic E-state index is 9.90. The Balaban J connectivity index is 3.33. The van der Waals surface area contributed by atoms with Crippen molar-refractivity contribution in [2.75, 3.05) is 0 Å². The van der Waals surface area contributed by atoms with E-state index in [9.17, 15) is 4.79 Å². The monoisotopic (exact) mass is 147 g/mol. The van der Waals surface area contributed by atoms with Crippen molar-refractivity contribution in [1.82, 2.24) is 0 Å². The third kappa shape index (κ3) is 4.48. The minimum Gasteiger partial charge on any atom is -0.382 e. The number of aliphatic hydroxyl groups excluding tert-OH is 1. The molecule has 0 aliphatic carbocycles. The van der Waals surface area contributed by atoms with Gasteiger partial charge in [0.25, 0.3) is 0 Å². The van der Waals surface area contributed by atoms with Crippen molar-refractivity contribution in [3.63, 3.8) is 0 Å². The van der Waals surface area contributed by atoms with Gasteiger partial charge >= 0.3 is 0 Å². The van der Waals surface area contributed by atoms with Gasteiger partial charge in [0.2, 0.25) is 6.29 Å². The standard InChI is InChI=1S/C6H11O2S/c1-3-6(8)9-5(2)4-7/h5-6,8H,3H2,1-2H3. The molecule has 2 atom stereocenters. The van der Waals surface area contributed by atoms with E-state index in [1.54, 1.807) is 13.2 Å². The molecule has 0 heterocycles. The fraction of sp³-hybridized carbons (Fsp3) is 0.833. The molecule has 0 rings (SSSR count). The van der Waals surface area contributed by atoms with Gasteiger partial charge in [0.05, 0.1) is 10.7 Å². The minimum absolute atomic E-state index is 0.208. The minimum atomic E-state index is -0.415. The van der Waals surface area contributed by atoms with Crippen LogP contribution in [0, 0.1) is 0 Å². The summed E-state index contributed by atoms with van der Waals surface area (Å²) in [6.45, 7) is 3.59. The van der Waals surface area contributed by atoms with Gasteiger partial charge in [-0.1, -0.05) is 6.92 Å².